The number of rotatable bonds is 1. The van der Waals surface area contributed by atoms with E-state index in [4.69, 9.17) is 10.5 Å². The van der Waals surface area contributed by atoms with Gasteiger partial charge in [0.2, 0.25) is 0 Å². The zero-order valence-electron chi connectivity index (χ0n) is 8.62. The number of carbonyl (C=O) groups is 1. The van der Waals surface area contributed by atoms with Crippen LogP contribution in [-0.2, 0) is 9.53 Å². The van der Waals surface area contributed by atoms with Crippen molar-refractivity contribution in [2.24, 2.45) is 17.1 Å². The van der Waals surface area contributed by atoms with E-state index in [9.17, 15) is 9.90 Å². The minimum Gasteiger partial charge on any atom is -0.480 e. The molecule has 0 amide bonds. The van der Waals surface area contributed by atoms with Crippen molar-refractivity contribution in [3.05, 3.63) is 0 Å². The van der Waals surface area contributed by atoms with Gasteiger partial charge in [0, 0.05) is 17.9 Å². The topological polar surface area (TPSA) is 72.5 Å². The first-order valence-electron chi connectivity index (χ1n) is 5.06. The molecule has 1 aliphatic heterocycles. The van der Waals surface area contributed by atoms with Gasteiger partial charge in [-0.05, 0) is 12.8 Å². The fourth-order valence-corrected chi connectivity index (χ4v) is 3.01. The molecular weight excluding hydrogens is 182 g/mol. The Hall–Kier alpha value is -0.610. The molecule has 0 spiro atoms. The van der Waals surface area contributed by atoms with Crippen LogP contribution in [0.3, 0.4) is 0 Å². The largest absolute Gasteiger partial charge is 0.480 e. The highest BCUT2D eigenvalue weighted by Gasteiger charge is 2.70. The highest BCUT2D eigenvalue weighted by molar-refractivity contribution is 5.82. The highest BCUT2D eigenvalue weighted by Crippen LogP contribution is 2.57. The summed E-state index contributed by atoms with van der Waals surface area (Å²) in [5, 5.41) is 9.19. The van der Waals surface area contributed by atoms with Gasteiger partial charge in [-0.25, -0.2) is 0 Å². The summed E-state index contributed by atoms with van der Waals surface area (Å²) in [5.74, 6) is -0.905. The SMILES string of the molecule is CC1(C)[C@H]2OCCC[C@H]2[C@@]1(N)C(=O)O. The van der Waals surface area contributed by atoms with E-state index in [-0.39, 0.29) is 12.0 Å². The molecule has 0 aromatic heterocycles. The number of nitrogens with two attached hydrogens (primary N) is 1. The molecule has 3 atom stereocenters. The summed E-state index contributed by atoms with van der Waals surface area (Å²) in [6.07, 6.45) is 1.82. The van der Waals surface area contributed by atoms with Crippen LogP contribution >= 0.6 is 0 Å². The second kappa shape index (κ2) is 2.70. The van der Waals surface area contributed by atoms with Crippen molar-refractivity contribution in [2.75, 3.05) is 6.61 Å². The van der Waals surface area contributed by atoms with E-state index in [2.05, 4.69) is 0 Å². The minimum atomic E-state index is -1.10. The van der Waals surface area contributed by atoms with Gasteiger partial charge in [0.15, 0.2) is 0 Å². The molecule has 4 heteroatoms. The number of hydrogen-bond acceptors (Lipinski definition) is 3. The fraction of sp³-hybridized carbons (Fsp3) is 0.900. The number of aliphatic carboxylic acids is 1. The molecule has 1 saturated carbocycles. The lowest BCUT2D eigenvalue weighted by atomic mass is 9.46. The standard InChI is InChI=1S/C10H17NO3/c1-9(2)7-6(4-3-5-14-7)10(9,11)8(12)13/h6-7H,3-5,11H2,1-2H3,(H,12,13)/t6-,7+,10-/m1/s1. The highest BCUT2D eigenvalue weighted by atomic mass is 16.5. The van der Waals surface area contributed by atoms with Gasteiger partial charge in [-0.2, -0.15) is 0 Å². The number of fused-ring (bicyclic) bond motifs is 1. The van der Waals surface area contributed by atoms with Gasteiger partial charge in [-0.3, -0.25) is 4.79 Å². The van der Waals surface area contributed by atoms with Gasteiger partial charge < -0.3 is 15.6 Å². The van der Waals surface area contributed by atoms with Crippen LogP contribution in [0, 0.1) is 11.3 Å². The summed E-state index contributed by atoms with van der Waals surface area (Å²) in [4.78, 5) is 11.2. The smallest absolute Gasteiger partial charge is 0.324 e. The molecule has 2 fully saturated rings. The average Bonchev–Trinajstić information content (AvgIpc) is 2.16. The summed E-state index contributed by atoms with van der Waals surface area (Å²) >= 11 is 0. The monoisotopic (exact) mass is 199 g/mol. The first kappa shape index (κ1) is 9.93. The molecule has 14 heavy (non-hydrogen) atoms. The Morgan fingerprint density at radius 1 is 1.57 bits per heavy atom. The molecule has 2 aliphatic rings. The first-order valence-corrected chi connectivity index (χ1v) is 5.06. The van der Waals surface area contributed by atoms with Crippen LogP contribution in [0.4, 0.5) is 0 Å². The molecule has 4 nitrogen and oxygen atoms in total. The molecule has 1 heterocycles. The van der Waals surface area contributed by atoms with Crippen molar-refractivity contribution in [1.29, 1.82) is 0 Å². The third kappa shape index (κ3) is 0.880. The molecule has 0 aromatic rings. The van der Waals surface area contributed by atoms with Gasteiger partial charge in [0.1, 0.15) is 5.54 Å². The van der Waals surface area contributed by atoms with E-state index in [0.29, 0.717) is 0 Å². The maximum absolute atomic E-state index is 11.2. The molecule has 3 N–H and O–H groups in total. The quantitative estimate of drug-likeness (QED) is 0.648. The molecule has 0 unspecified atom stereocenters. The van der Waals surface area contributed by atoms with E-state index >= 15 is 0 Å². The minimum absolute atomic E-state index is 0.0104. The Balaban J connectivity index is 2.30. The number of ether oxygens (including phenoxy) is 1. The molecular formula is C10H17NO3. The summed E-state index contributed by atoms with van der Waals surface area (Å²) in [7, 11) is 0. The Morgan fingerprint density at radius 2 is 2.21 bits per heavy atom. The Labute approximate surface area is 83.4 Å². The second-order valence-corrected chi connectivity index (χ2v) is 4.94. The van der Waals surface area contributed by atoms with Crippen molar-refractivity contribution < 1.29 is 14.6 Å². The molecule has 0 aromatic carbocycles. The van der Waals surface area contributed by atoms with Crippen molar-refractivity contribution >= 4 is 5.97 Å². The van der Waals surface area contributed by atoms with Crippen LogP contribution in [0.2, 0.25) is 0 Å². The Bertz CT molecular complexity index is 277. The lowest BCUT2D eigenvalue weighted by Crippen LogP contribution is -2.80. The predicted molar refractivity (Wildman–Crippen MR) is 50.8 cm³/mol. The van der Waals surface area contributed by atoms with E-state index in [1.54, 1.807) is 0 Å². The van der Waals surface area contributed by atoms with Crippen LogP contribution in [0.15, 0.2) is 0 Å². The van der Waals surface area contributed by atoms with E-state index in [1.165, 1.54) is 0 Å². The van der Waals surface area contributed by atoms with Gasteiger partial charge in [-0.15, -0.1) is 0 Å². The predicted octanol–water partition coefficient (Wildman–Crippen LogP) is 0.603. The fourth-order valence-electron chi connectivity index (χ4n) is 3.01. The van der Waals surface area contributed by atoms with Crippen LogP contribution in [-0.4, -0.2) is 29.3 Å². The third-order valence-electron chi connectivity index (χ3n) is 4.04. The molecule has 1 saturated heterocycles. The van der Waals surface area contributed by atoms with Gasteiger partial charge >= 0.3 is 5.97 Å². The van der Waals surface area contributed by atoms with Crippen LogP contribution < -0.4 is 5.73 Å². The summed E-state index contributed by atoms with van der Waals surface area (Å²) in [5.41, 5.74) is 4.44. The number of hydrogen-bond donors (Lipinski definition) is 2. The van der Waals surface area contributed by atoms with E-state index in [0.717, 1.165) is 19.4 Å². The third-order valence-corrected chi connectivity index (χ3v) is 4.04. The Kier molecular flexibility index (Phi) is 1.92. The first-order chi connectivity index (χ1) is 6.42. The van der Waals surface area contributed by atoms with Crippen molar-refractivity contribution in [1.82, 2.24) is 0 Å². The van der Waals surface area contributed by atoms with E-state index < -0.39 is 16.9 Å². The van der Waals surface area contributed by atoms with Crippen molar-refractivity contribution in [3.8, 4) is 0 Å². The Morgan fingerprint density at radius 3 is 2.79 bits per heavy atom. The number of carboxylic acid groups (broad SMARTS) is 1. The van der Waals surface area contributed by atoms with Crippen LogP contribution in [0.5, 0.6) is 0 Å². The lowest BCUT2D eigenvalue weighted by Gasteiger charge is -2.63. The van der Waals surface area contributed by atoms with Crippen LogP contribution in [0.25, 0.3) is 0 Å². The molecule has 2 rings (SSSR count). The van der Waals surface area contributed by atoms with Gasteiger partial charge in [0.05, 0.1) is 6.10 Å². The van der Waals surface area contributed by atoms with Crippen molar-refractivity contribution in [2.45, 2.75) is 38.3 Å². The zero-order chi connectivity index (χ0) is 10.6. The normalized spacial score (nSPS) is 45.1. The summed E-state index contributed by atoms with van der Waals surface area (Å²) in [6, 6.07) is 0. The lowest BCUT2D eigenvalue weighted by molar-refractivity contribution is -0.233. The van der Waals surface area contributed by atoms with Crippen molar-refractivity contribution in [3.63, 3.8) is 0 Å². The maximum Gasteiger partial charge on any atom is 0.324 e. The van der Waals surface area contributed by atoms with Gasteiger partial charge in [-0.1, -0.05) is 13.8 Å². The average molecular weight is 199 g/mol. The van der Waals surface area contributed by atoms with Gasteiger partial charge in [0.25, 0.3) is 0 Å². The molecule has 0 radical (unpaired) electrons. The zero-order valence-corrected chi connectivity index (χ0v) is 8.62. The second-order valence-electron chi connectivity index (χ2n) is 4.94. The summed E-state index contributed by atoms with van der Waals surface area (Å²) in [6.45, 7) is 4.50. The van der Waals surface area contributed by atoms with Crippen LogP contribution in [0.1, 0.15) is 26.7 Å². The molecule has 80 valence electrons. The molecule has 0 bridgehead atoms. The van der Waals surface area contributed by atoms with E-state index in [1.807, 2.05) is 13.8 Å². The summed E-state index contributed by atoms with van der Waals surface area (Å²) < 4.78 is 5.59. The maximum atomic E-state index is 11.2. The number of carboxylic acids is 1. The molecule has 1 aliphatic carbocycles.